The van der Waals surface area contributed by atoms with Crippen molar-refractivity contribution < 1.29 is 18.9 Å². The van der Waals surface area contributed by atoms with Gasteiger partial charge in [-0.15, -0.1) is 0 Å². The van der Waals surface area contributed by atoms with Gasteiger partial charge in [0.25, 0.3) is 0 Å². The quantitative estimate of drug-likeness (QED) is 0.551. The Morgan fingerprint density at radius 2 is 1.33 bits per heavy atom. The topological polar surface area (TPSA) is 43.5 Å². The zero-order chi connectivity index (χ0) is 16.2. The Morgan fingerprint density at radius 1 is 0.792 bits per heavy atom. The zero-order valence-corrected chi connectivity index (χ0v) is 13.4. The fourth-order valence-corrected chi connectivity index (χ4v) is 2.32. The van der Waals surface area contributed by atoms with Gasteiger partial charge in [0.15, 0.2) is 0 Å². The van der Waals surface area contributed by atoms with Gasteiger partial charge in [-0.2, -0.15) is 0 Å². The van der Waals surface area contributed by atoms with Crippen LogP contribution < -0.4 is 9.47 Å². The summed E-state index contributed by atoms with van der Waals surface area (Å²) in [6, 6.07) is 16.2. The molecule has 4 rings (SSSR count). The first-order chi connectivity index (χ1) is 11.8. The molecule has 4 nitrogen and oxygen atoms in total. The van der Waals surface area contributed by atoms with Crippen molar-refractivity contribution >= 4 is 12.2 Å². The number of epoxide rings is 2. The summed E-state index contributed by atoms with van der Waals surface area (Å²) in [5.41, 5.74) is 2.20. The van der Waals surface area contributed by atoms with Crippen molar-refractivity contribution in [1.82, 2.24) is 0 Å². The van der Waals surface area contributed by atoms with Crippen LogP contribution in [0.2, 0.25) is 0 Å². The fraction of sp³-hybridized carbons (Fsp3) is 0.300. The van der Waals surface area contributed by atoms with Crippen molar-refractivity contribution in [3.05, 3.63) is 59.7 Å². The van der Waals surface area contributed by atoms with E-state index in [4.69, 9.17) is 18.9 Å². The number of hydrogen-bond acceptors (Lipinski definition) is 4. The summed E-state index contributed by atoms with van der Waals surface area (Å²) in [5, 5.41) is 0. The van der Waals surface area contributed by atoms with E-state index in [1.165, 1.54) is 0 Å². The predicted octanol–water partition coefficient (Wildman–Crippen LogP) is 3.41. The molecule has 2 aliphatic rings. The van der Waals surface area contributed by atoms with Gasteiger partial charge in [-0.3, -0.25) is 0 Å². The number of ether oxygens (including phenoxy) is 4. The minimum absolute atomic E-state index is 0.234. The molecule has 2 aliphatic heterocycles. The molecule has 0 aromatic heterocycles. The summed E-state index contributed by atoms with van der Waals surface area (Å²) in [6.07, 6.45) is 4.61. The second kappa shape index (κ2) is 7.07. The van der Waals surface area contributed by atoms with Crippen LogP contribution in [0.25, 0.3) is 12.2 Å². The van der Waals surface area contributed by atoms with Crippen LogP contribution in [0.15, 0.2) is 48.5 Å². The molecule has 2 heterocycles. The maximum Gasteiger partial charge on any atom is 0.123 e. The molecule has 2 aromatic carbocycles. The second-order valence-corrected chi connectivity index (χ2v) is 6.01. The van der Waals surface area contributed by atoms with E-state index in [2.05, 4.69) is 24.3 Å². The molecule has 2 unspecified atom stereocenters. The molecule has 2 atom stereocenters. The second-order valence-electron chi connectivity index (χ2n) is 6.01. The molecule has 2 fully saturated rings. The van der Waals surface area contributed by atoms with Crippen LogP contribution in [-0.2, 0) is 9.47 Å². The third-order valence-electron chi connectivity index (χ3n) is 3.85. The normalized spacial score (nSPS) is 21.7. The van der Waals surface area contributed by atoms with Gasteiger partial charge < -0.3 is 18.9 Å². The van der Waals surface area contributed by atoms with Crippen molar-refractivity contribution in [3.63, 3.8) is 0 Å². The molecule has 0 aliphatic carbocycles. The lowest BCUT2D eigenvalue weighted by molar-refractivity contribution is 0.252. The lowest BCUT2D eigenvalue weighted by atomic mass is 10.1. The molecule has 4 heteroatoms. The first-order valence-corrected chi connectivity index (χ1v) is 8.22. The average Bonchev–Trinajstić information content (AvgIpc) is 3.52. The summed E-state index contributed by atoms with van der Waals surface area (Å²) in [7, 11) is 0. The van der Waals surface area contributed by atoms with Gasteiger partial charge in [-0.1, -0.05) is 42.5 Å². The molecule has 2 aromatic rings. The predicted molar refractivity (Wildman–Crippen MR) is 92.3 cm³/mol. The van der Waals surface area contributed by atoms with Crippen LogP contribution >= 0.6 is 0 Å². The molecule has 0 saturated carbocycles. The van der Waals surface area contributed by atoms with E-state index in [0.29, 0.717) is 13.2 Å². The van der Waals surface area contributed by atoms with E-state index in [9.17, 15) is 0 Å². The summed E-state index contributed by atoms with van der Waals surface area (Å²) in [6.45, 7) is 2.74. The van der Waals surface area contributed by atoms with Crippen LogP contribution in [0, 0.1) is 0 Å². The van der Waals surface area contributed by atoms with Gasteiger partial charge in [-0.25, -0.2) is 0 Å². The summed E-state index contributed by atoms with van der Waals surface area (Å²) < 4.78 is 22.0. The Bertz CT molecular complexity index is 669. The SMILES string of the molecule is C(=Cc1cc(OCC2CO2)cc(OCC2CO2)c1)c1ccccc1. The third-order valence-corrected chi connectivity index (χ3v) is 3.85. The lowest BCUT2D eigenvalue weighted by Gasteiger charge is -2.10. The standard InChI is InChI=1S/C20H20O4/c1-2-4-15(5-3-1)6-7-16-8-17(21-11-19-13-23-19)10-18(9-16)22-12-20-14-24-20/h1-10,19-20H,11-14H2. The van der Waals surface area contributed by atoms with E-state index in [1.54, 1.807) is 0 Å². The van der Waals surface area contributed by atoms with Crippen LogP contribution in [0.5, 0.6) is 11.5 Å². The first kappa shape index (κ1) is 15.2. The maximum absolute atomic E-state index is 5.82. The van der Waals surface area contributed by atoms with E-state index in [-0.39, 0.29) is 12.2 Å². The third kappa shape index (κ3) is 4.60. The van der Waals surface area contributed by atoms with Crippen molar-refractivity contribution in [2.75, 3.05) is 26.4 Å². The first-order valence-electron chi connectivity index (χ1n) is 8.22. The molecular formula is C20H20O4. The molecule has 0 bridgehead atoms. The largest absolute Gasteiger partial charge is 0.491 e. The lowest BCUT2D eigenvalue weighted by Crippen LogP contribution is -2.06. The summed E-state index contributed by atoms with van der Waals surface area (Å²) in [5.74, 6) is 1.60. The van der Waals surface area contributed by atoms with Gasteiger partial charge in [-0.05, 0) is 23.3 Å². The van der Waals surface area contributed by atoms with E-state index in [1.807, 2.05) is 36.4 Å². The highest BCUT2D eigenvalue weighted by atomic mass is 16.6. The van der Waals surface area contributed by atoms with Crippen LogP contribution in [0.1, 0.15) is 11.1 Å². The van der Waals surface area contributed by atoms with Gasteiger partial charge in [0.1, 0.15) is 36.9 Å². The molecular weight excluding hydrogens is 304 g/mol. The van der Waals surface area contributed by atoms with Crippen molar-refractivity contribution in [2.45, 2.75) is 12.2 Å². The van der Waals surface area contributed by atoms with Crippen molar-refractivity contribution in [2.24, 2.45) is 0 Å². The van der Waals surface area contributed by atoms with Crippen molar-refractivity contribution in [3.8, 4) is 11.5 Å². The monoisotopic (exact) mass is 324 g/mol. The summed E-state index contributed by atoms with van der Waals surface area (Å²) in [4.78, 5) is 0. The fourth-order valence-electron chi connectivity index (χ4n) is 2.32. The molecule has 0 spiro atoms. The van der Waals surface area contributed by atoms with Crippen molar-refractivity contribution in [1.29, 1.82) is 0 Å². The average molecular weight is 324 g/mol. The van der Waals surface area contributed by atoms with E-state index >= 15 is 0 Å². The van der Waals surface area contributed by atoms with Gasteiger partial charge >= 0.3 is 0 Å². The highest BCUT2D eigenvalue weighted by Crippen LogP contribution is 2.26. The molecule has 24 heavy (non-hydrogen) atoms. The summed E-state index contributed by atoms with van der Waals surface area (Å²) >= 11 is 0. The minimum atomic E-state index is 0.234. The molecule has 0 radical (unpaired) electrons. The zero-order valence-electron chi connectivity index (χ0n) is 13.4. The highest BCUT2D eigenvalue weighted by Gasteiger charge is 2.24. The van der Waals surface area contributed by atoms with Crippen LogP contribution in [0.4, 0.5) is 0 Å². The number of hydrogen-bond donors (Lipinski definition) is 0. The molecule has 0 N–H and O–H groups in total. The molecule has 2 saturated heterocycles. The Labute approximate surface area is 141 Å². The Kier molecular flexibility index (Phi) is 4.49. The Balaban J connectivity index is 1.49. The van der Waals surface area contributed by atoms with Gasteiger partial charge in [0.05, 0.1) is 13.2 Å². The maximum atomic E-state index is 5.82. The van der Waals surface area contributed by atoms with Crippen LogP contribution in [-0.4, -0.2) is 38.6 Å². The smallest absolute Gasteiger partial charge is 0.123 e. The van der Waals surface area contributed by atoms with Crippen LogP contribution in [0.3, 0.4) is 0 Å². The van der Waals surface area contributed by atoms with E-state index in [0.717, 1.165) is 35.8 Å². The molecule has 124 valence electrons. The Morgan fingerprint density at radius 3 is 1.88 bits per heavy atom. The minimum Gasteiger partial charge on any atom is -0.491 e. The molecule has 0 amide bonds. The van der Waals surface area contributed by atoms with Gasteiger partial charge in [0.2, 0.25) is 0 Å². The number of rotatable bonds is 8. The van der Waals surface area contributed by atoms with Gasteiger partial charge in [0, 0.05) is 6.07 Å². The number of benzene rings is 2. The van der Waals surface area contributed by atoms with E-state index < -0.39 is 0 Å². The highest BCUT2D eigenvalue weighted by molar-refractivity contribution is 5.71. The Hall–Kier alpha value is -2.30.